The normalized spacial score (nSPS) is 25.5. The highest BCUT2D eigenvalue weighted by molar-refractivity contribution is 6.02. The Balaban J connectivity index is 0.768. The molecule has 73 heavy (non-hydrogen) atoms. The molecular formula is C55H72N12O6. The molecule has 0 bridgehead atoms. The lowest BCUT2D eigenvalue weighted by Gasteiger charge is -2.53. The van der Waals surface area contributed by atoms with Crippen molar-refractivity contribution in [2.75, 3.05) is 60.0 Å². The van der Waals surface area contributed by atoms with Crippen molar-refractivity contribution >= 4 is 46.6 Å². The molecule has 4 unspecified atom stereocenters. The van der Waals surface area contributed by atoms with Crippen molar-refractivity contribution in [2.24, 2.45) is 47.5 Å². The van der Waals surface area contributed by atoms with E-state index in [2.05, 4.69) is 50.0 Å². The average Bonchev–Trinajstić information content (AvgIpc) is 4.33. The van der Waals surface area contributed by atoms with Crippen LogP contribution in [-0.2, 0) is 32.7 Å². The van der Waals surface area contributed by atoms with Gasteiger partial charge in [-0.15, -0.1) is 0 Å². The molecule has 2 aliphatic heterocycles. The summed E-state index contributed by atoms with van der Waals surface area (Å²) in [6.07, 6.45) is 21.1. The van der Waals surface area contributed by atoms with Gasteiger partial charge >= 0.3 is 0 Å². The van der Waals surface area contributed by atoms with Crippen LogP contribution in [0.1, 0.15) is 125 Å². The third-order valence-electron chi connectivity index (χ3n) is 19.0. The number of pyridine rings is 2. The summed E-state index contributed by atoms with van der Waals surface area (Å²) in [7, 11) is 1.72. The predicted molar refractivity (Wildman–Crippen MR) is 274 cm³/mol. The number of amides is 4. The second kappa shape index (κ2) is 18.8. The van der Waals surface area contributed by atoms with Gasteiger partial charge in [-0.1, -0.05) is 33.1 Å². The topological polar surface area (TPSA) is 203 Å². The van der Waals surface area contributed by atoms with Gasteiger partial charge in [-0.25, -0.2) is 9.97 Å². The zero-order valence-corrected chi connectivity index (χ0v) is 42.7. The lowest BCUT2D eigenvalue weighted by atomic mass is 9.60. The maximum Gasteiger partial charge on any atom is 0.270 e. The molecule has 4 aromatic heterocycles. The number of ether oxygens (including phenoxy) is 2. The van der Waals surface area contributed by atoms with Crippen molar-refractivity contribution in [1.29, 1.82) is 0 Å². The lowest BCUT2D eigenvalue weighted by Crippen LogP contribution is -2.61. The number of aromatic nitrogens is 6. The summed E-state index contributed by atoms with van der Waals surface area (Å²) < 4.78 is 15.0. The Labute approximate surface area is 427 Å². The van der Waals surface area contributed by atoms with Crippen molar-refractivity contribution < 1.29 is 28.7 Å². The molecule has 6 saturated carbocycles. The molecule has 388 valence electrons. The van der Waals surface area contributed by atoms with Crippen LogP contribution >= 0.6 is 0 Å². The third kappa shape index (κ3) is 9.18. The smallest absolute Gasteiger partial charge is 0.270 e. The number of nitrogens with one attached hydrogen (secondary N) is 4. The standard InChI is InChI=1S/C55H72N12O6/c1-52(18-19-52)44(35-6-4-7-35)46(50(70)60-37-9-12-42(56-30-37)65-26-28-72-33-54(65)16-5-17-54)62-49(69)41-15-25-59-67(41)32-36-8-11-39(36)45(53(2)20-21-53)47(63-48(68)40-14-24-58-64(40)3)51(71)61-38-10-13-43(57-31-38)66-27-29-73-34-55(66)22-23-55/h9-10,12-15,24-25,30-31,35-36,39,44-47H,4-8,11,16-23,26-29,32-34H2,1-3H3,(H,60,70)(H,61,71)(H,62,69)(H,63,68)/t36?,39?,44?,45?,46-,47-/m0/s1. The zero-order valence-electron chi connectivity index (χ0n) is 42.7. The van der Waals surface area contributed by atoms with Crippen molar-refractivity contribution in [1.82, 2.24) is 40.2 Å². The highest BCUT2D eigenvalue weighted by atomic mass is 16.5. The third-order valence-corrected chi connectivity index (χ3v) is 19.0. The van der Waals surface area contributed by atoms with Crippen molar-refractivity contribution in [3.8, 4) is 0 Å². The van der Waals surface area contributed by atoms with Crippen molar-refractivity contribution in [3.63, 3.8) is 0 Å². The van der Waals surface area contributed by atoms with E-state index in [4.69, 9.17) is 24.5 Å². The molecule has 6 aliphatic carbocycles. The molecule has 2 saturated heterocycles. The first-order chi connectivity index (χ1) is 35.3. The van der Waals surface area contributed by atoms with E-state index in [1.54, 1.807) is 48.6 Å². The van der Waals surface area contributed by atoms with Gasteiger partial charge in [-0.05, 0) is 147 Å². The molecule has 6 heterocycles. The van der Waals surface area contributed by atoms with Crippen LogP contribution < -0.4 is 31.1 Å². The molecule has 8 fully saturated rings. The molecular weight excluding hydrogens is 925 g/mol. The SMILES string of the molecule is Cn1nccc1C(=O)N[C@H](C(=O)Nc1ccc(N2CCOCC23CC3)nc1)C(C1CCC1Cn1nccc1C(=O)N[C@H](C(=O)Nc1ccc(N2CCOCC23CCC3)nc1)C(C1CCC1)C1(C)CC1)C1(C)CC1. The van der Waals surface area contributed by atoms with E-state index in [1.807, 2.05) is 24.3 Å². The van der Waals surface area contributed by atoms with Gasteiger partial charge in [0.15, 0.2) is 0 Å². The number of nitrogens with zero attached hydrogens (tertiary/aromatic N) is 8. The maximum absolute atomic E-state index is 14.8. The molecule has 18 heteroatoms. The number of rotatable bonds is 18. The first kappa shape index (κ1) is 48.1. The fourth-order valence-corrected chi connectivity index (χ4v) is 13.5. The van der Waals surface area contributed by atoms with Gasteiger partial charge in [0.2, 0.25) is 11.8 Å². The first-order valence-electron chi connectivity index (χ1n) is 27.2. The second-order valence-electron chi connectivity index (χ2n) is 23.7. The number of carbonyl (C=O) groups is 4. The quantitative estimate of drug-likeness (QED) is 0.0860. The predicted octanol–water partition coefficient (Wildman–Crippen LogP) is 6.37. The Morgan fingerprint density at radius 1 is 0.644 bits per heavy atom. The summed E-state index contributed by atoms with van der Waals surface area (Å²) in [5.41, 5.74) is 1.72. The van der Waals surface area contributed by atoms with Gasteiger partial charge in [0.05, 0.1) is 61.3 Å². The van der Waals surface area contributed by atoms with Crippen LogP contribution in [0.15, 0.2) is 61.2 Å². The minimum Gasteiger partial charge on any atom is -0.377 e. The van der Waals surface area contributed by atoms with E-state index in [0.29, 0.717) is 61.7 Å². The molecule has 18 nitrogen and oxygen atoms in total. The fourth-order valence-electron chi connectivity index (χ4n) is 13.5. The minimum absolute atomic E-state index is 0.0106. The van der Waals surface area contributed by atoms with Crippen molar-refractivity contribution in [3.05, 3.63) is 72.6 Å². The molecule has 6 atom stereocenters. The largest absolute Gasteiger partial charge is 0.377 e. The molecule has 12 rings (SSSR count). The fraction of sp³-hybridized carbons (Fsp3) is 0.636. The zero-order chi connectivity index (χ0) is 50.1. The maximum atomic E-state index is 14.8. The van der Waals surface area contributed by atoms with Crippen molar-refractivity contribution in [2.45, 2.75) is 133 Å². The molecule has 2 spiro atoms. The molecule has 0 radical (unpaired) electrons. The Hall–Kier alpha value is -5.88. The Kier molecular flexibility index (Phi) is 12.4. The van der Waals surface area contributed by atoms with Crippen LogP contribution in [0.3, 0.4) is 0 Å². The number of morpholine rings is 2. The number of anilines is 4. The van der Waals surface area contributed by atoms with Gasteiger partial charge in [0.1, 0.15) is 35.1 Å². The van der Waals surface area contributed by atoms with Crippen LogP contribution in [0.5, 0.6) is 0 Å². The average molecular weight is 997 g/mol. The summed E-state index contributed by atoms with van der Waals surface area (Å²) in [5.74, 6) is 0.771. The van der Waals surface area contributed by atoms with E-state index in [1.165, 1.54) is 11.1 Å². The Morgan fingerprint density at radius 3 is 1.66 bits per heavy atom. The highest BCUT2D eigenvalue weighted by Crippen LogP contribution is 2.61. The first-order valence-corrected chi connectivity index (χ1v) is 27.2. The van der Waals surface area contributed by atoms with Gasteiger partial charge < -0.3 is 40.5 Å². The lowest BCUT2D eigenvalue weighted by molar-refractivity contribution is -0.122. The minimum atomic E-state index is -0.867. The van der Waals surface area contributed by atoms with Gasteiger partial charge in [0.25, 0.3) is 11.8 Å². The summed E-state index contributed by atoms with van der Waals surface area (Å²) in [5, 5.41) is 21.8. The van der Waals surface area contributed by atoms with Crippen LogP contribution in [0.2, 0.25) is 0 Å². The molecule has 0 aromatic carbocycles. The Morgan fingerprint density at radius 2 is 1.19 bits per heavy atom. The van der Waals surface area contributed by atoms with E-state index >= 15 is 0 Å². The highest BCUT2D eigenvalue weighted by Gasteiger charge is 2.58. The molecule has 4 aromatic rings. The number of hydrogen-bond donors (Lipinski definition) is 4. The summed E-state index contributed by atoms with van der Waals surface area (Å²) in [4.78, 5) is 72.7. The van der Waals surface area contributed by atoms with E-state index < -0.39 is 12.1 Å². The van der Waals surface area contributed by atoms with Crippen LogP contribution in [0.4, 0.5) is 23.0 Å². The van der Waals surface area contributed by atoms with E-state index in [0.717, 1.165) is 108 Å². The number of aryl methyl sites for hydroxylation is 1. The summed E-state index contributed by atoms with van der Waals surface area (Å²) in [6.45, 7) is 9.25. The monoisotopic (exact) mass is 997 g/mol. The van der Waals surface area contributed by atoms with Crippen LogP contribution in [-0.4, -0.2) is 116 Å². The van der Waals surface area contributed by atoms with E-state index in [-0.39, 0.29) is 69.2 Å². The van der Waals surface area contributed by atoms with Gasteiger partial charge in [-0.2, -0.15) is 10.2 Å². The van der Waals surface area contributed by atoms with Gasteiger partial charge in [0, 0.05) is 39.1 Å². The molecule has 8 aliphatic rings. The van der Waals surface area contributed by atoms with Crippen LogP contribution in [0.25, 0.3) is 0 Å². The number of carbonyl (C=O) groups excluding carboxylic acids is 4. The van der Waals surface area contributed by atoms with E-state index in [9.17, 15) is 19.2 Å². The van der Waals surface area contributed by atoms with Gasteiger partial charge in [-0.3, -0.25) is 28.5 Å². The Bertz CT molecular complexity index is 2700. The number of hydrogen-bond acceptors (Lipinski definition) is 12. The van der Waals surface area contributed by atoms with Crippen LogP contribution in [0, 0.1) is 40.4 Å². The summed E-state index contributed by atoms with van der Waals surface area (Å²) >= 11 is 0. The molecule has 4 N–H and O–H groups in total. The molecule has 4 amide bonds. The second-order valence-corrected chi connectivity index (χ2v) is 23.7. The summed E-state index contributed by atoms with van der Waals surface area (Å²) in [6, 6.07) is 9.56.